The highest BCUT2D eigenvalue weighted by Gasteiger charge is 2.36. The van der Waals surface area contributed by atoms with Crippen LogP contribution in [0.15, 0.2) is 48.8 Å². The van der Waals surface area contributed by atoms with Crippen LogP contribution in [0.4, 0.5) is 4.39 Å². The molecule has 2 aliphatic rings. The van der Waals surface area contributed by atoms with Crippen molar-refractivity contribution in [3.05, 3.63) is 60.2 Å². The normalized spacial score (nSPS) is 18.9. The van der Waals surface area contributed by atoms with Crippen LogP contribution in [0.1, 0.15) is 37.7 Å². The highest BCUT2D eigenvalue weighted by Crippen LogP contribution is 2.31. The smallest absolute Gasteiger partial charge is 0.260 e. The molecule has 2 heterocycles. The molecule has 2 amide bonds. The maximum atomic E-state index is 13.2. The number of rotatable bonds is 7. The molecule has 7 heteroatoms. The molecule has 4 rings (SSSR count). The lowest BCUT2D eigenvalue weighted by molar-refractivity contribution is -0.146. The van der Waals surface area contributed by atoms with Crippen molar-refractivity contribution in [1.82, 2.24) is 14.8 Å². The van der Waals surface area contributed by atoms with Crippen molar-refractivity contribution in [3.8, 4) is 5.75 Å². The van der Waals surface area contributed by atoms with E-state index in [4.69, 9.17) is 4.74 Å². The van der Waals surface area contributed by atoms with Crippen molar-refractivity contribution < 1.29 is 18.7 Å². The lowest BCUT2D eigenvalue weighted by Crippen LogP contribution is -2.53. The predicted octanol–water partition coefficient (Wildman–Crippen LogP) is 3.42. The summed E-state index contributed by atoms with van der Waals surface area (Å²) in [5.74, 6) is 0.289. The fourth-order valence-corrected chi connectivity index (χ4v) is 4.17. The topological polar surface area (TPSA) is 62.7 Å². The van der Waals surface area contributed by atoms with Crippen LogP contribution in [0, 0.1) is 11.7 Å². The fraction of sp³-hybridized carbons (Fsp3) is 0.458. The number of hydrogen-bond acceptors (Lipinski definition) is 4. The molecule has 0 radical (unpaired) electrons. The molecule has 1 aliphatic heterocycles. The highest BCUT2D eigenvalue weighted by molar-refractivity contribution is 5.80. The fourth-order valence-electron chi connectivity index (χ4n) is 4.17. The van der Waals surface area contributed by atoms with Gasteiger partial charge in [-0.15, -0.1) is 0 Å². The first-order chi connectivity index (χ1) is 15.1. The first kappa shape index (κ1) is 21.3. The number of pyridine rings is 1. The summed E-state index contributed by atoms with van der Waals surface area (Å²) >= 11 is 0. The van der Waals surface area contributed by atoms with E-state index in [0.29, 0.717) is 25.4 Å². The van der Waals surface area contributed by atoms with Gasteiger partial charge in [-0.1, -0.05) is 12.5 Å². The average Bonchev–Trinajstić information content (AvgIpc) is 2.76. The number of carbonyl (C=O) groups is 2. The summed E-state index contributed by atoms with van der Waals surface area (Å²) in [4.78, 5) is 33.9. The second kappa shape index (κ2) is 9.90. The number of benzene rings is 1. The maximum Gasteiger partial charge on any atom is 0.260 e. The molecule has 1 aromatic carbocycles. The van der Waals surface area contributed by atoms with E-state index in [1.165, 1.54) is 24.3 Å². The van der Waals surface area contributed by atoms with Gasteiger partial charge in [0.25, 0.3) is 5.91 Å². The molecule has 1 unspecified atom stereocenters. The van der Waals surface area contributed by atoms with Crippen molar-refractivity contribution in [3.63, 3.8) is 0 Å². The maximum absolute atomic E-state index is 13.2. The van der Waals surface area contributed by atoms with Crippen molar-refractivity contribution in [2.45, 2.75) is 44.7 Å². The Hall–Kier alpha value is -2.96. The van der Waals surface area contributed by atoms with Gasteiger partial charge in [-0.05, 0) is 61.6 Å². The predicted molar refractivity (Wildman–Crippen MR) is 114 cm³/mol. The number of aromatic nitrogens is 1. The van der Waals surface area contributed by atoms with Gasteiger partial charge >= 0.3 is 0 Å². The van der Waals surface area contributed by atoms with E-state index in [2.05, 4.69) is 4.98 Å². The Bertz CT molecular complexity index is 887. The molecular weight excluding hydrogens is 397 g/mol. The van der Waals surface area contributed by atoms with Crippen LogP contribution >= 0.6 is 0 Å². The lowest BCUT2D eigenvalue weighted by Gasteiger charge is -2.42. The molecule has 1 saturated carbocycles. The summed E-state index contributed by atoms with van der Waals surface area (Å²) in [7, 11) is 0. The number of amides is 2. The molecule has 1 saturated heterocycles. The summed E-state index contributed by atoms with van der Waals surface area (Å²) < 4.78 is 18.6. The first-order valence-electron chi connectivity index (χ1n) is 11.0. The Morgan fingerprint density at radius 3 is 2.61 bits per heavy atom. The third kappa shape index (κ3) is 5.40. The van der Waals surface area contributed by atoms with Gasteiger partial charge in [0.05, 0.1) is 0 Å². The second-order valence-electron chi connectivity index (χ2n) is 8.33. The third-order valence-corrected chi connectivity index (χ3v) is 6.18. The van der Waals surface area contributed by atoms with Crippen LogP contribution in [0.25, 0.3) is 0 Å². The Labute approximate surface area is 182 Å². The van der Waals surface area contributed by atoms with Crippen molar-refractivity contribution in [2.24, 2.45) is 5.92 Å². The van der Waals surface area contributed by atoms with Gasteiger partial charge in [0.2, 0.25) is 5.91 Å². The Kier molecular flexibility index (Phi) is 6.79. The number of halogens is 1. The molecule has 0 bridgehead atoms. The van der Waals surface area contributed by atoms with Crippen molar-refractivity contribution >= 4 is 11.8 Å². The van der Waals surface area contributed by atoms with E-state index >= 15 is 0 Å². The number of piperidine rings is 1. The summed E-state index contributed by atoms with van der Waals surface area (Å²) in [6.45, 7) is 1.57. The number of ether oxygens (including phenoxy) is 1. The number of nitrogens with zero attached hydrogens (tertiary/aromatic N) is 3. The number of likely N-dealkylation sites (tertiary alicyclic amines) is 1. The Balaban J connectivity index is 1.40. The first-order valence-corrected chi connectivity index (χ1v) is 11.0. The molecule has 1 aromatic heterocycles. The van der Waals surface area contributed by atoms with Gasteiger partial charge < -0.3 is 14.5 Å². The number of carbonyl (C=O) groups excluding carboxylic acids is 2. The van der Waals surface area contributed by atoms with Crippen LogP contribution in [0.3, 0.4) is 0 Å². The molecule has 164 valence electrons. The highest BCUT2D eigenvalue weighted by atomic mass is 19.1. The summed E-state index contributed by atoms with van der Waals surface area (Å²) in [6, 6.07) is 9.47. The van der Waals surface area contributed by atoms with Gasteiger partial charge in [-0.3, -0.25) is 14.6 Å². The molecule has 0 spiro atoms. The number of hydrogen-bond donors (Lipinski definition) is 0. The Morgan fingerprint density at radius 2 is 1.94 bits per heavy atom. The third-order valence-electron chi connectivity index (χ3n) is 6.18. The molecule has 2 fully saturated rings. The van der Waals surface area contributed by atoms with Crippen LogP contribution < -0.4 is 4.74 Å². The van der Waals surface area contributed by atoms with Gasteiger partial charge in [0, 0.05) is 44.0 Å². The molecule has 31 heavy (non-hydrogen) atoms. The van der Waals surface area contributed by atoms with Crippen molar-refractivity contribution in [2.75, 3.05) is 19.7 Å². The van der Waals surface area contributed by atoms with Gasteiger partial charge in [0.15, 0.2) is 6.61 Å². The summed E-state index contributed by atoms with van der Waals surface area (Å²) in [5.41, 5.74) is 0.998. The van der Waals surface area contributed by atoms with E-state index in [1.54, 1.807) is 17.3 Å². The minimum Gasteiger partial charge on any atom is -0.484 e. The van der Waals surface area contributed by atoms with E-state index < -0.39 is 0 Å². The zero-order valence-corrected chi connectivity index (χ0v) is 17.6. The van der Waals surface area contributed by atoms with Gasteiger partial charge in [-0.2, -0.15) is 0 Å². The molecular formula is C24H28FN3O3. The molecule has 2 aromatic rings. The molecule has 1 aliphatic carbocycles. The van der Waals surface area contributed by atoms with Crippen LogP contribution in [0.5, 0.6) is 5.75 Å². The minimum absolute atomic E-state index is 0.0168. The van der Waals surface area contributed by atoms with Crippen LogP contribution in [-0.2, 0) is 16.1 Å². The molecule has 6 nitrogen and oxygen atoms in total. The summed E-state index contributed by atoms with van der Waals surface area (Å²) in [6.07, 6.45) is 8.24. The van der Waals surface area contributed by atoms with Crippen molar-refractivity contribution in [1.29, 1.82) is 0 Å². The quantitative estimate of drug-likeness (QED) is 0.682. The zero-order chi connectivity index (χ0) is 21.6. The second-order valence-corrected chi connectivity index (χ2v) is 8.33. The standard InChI is InChI=1S/C24H28FN3O3/c25-20-8-10-22(11-9-20)31-17-23(29)27-13-3-7-21(16-27)28(24(30)19-5-1-6-19)15-18-4-2-12-26-14-18/h2,4,8-12,14,19,21H,1,3,5-7,13,15-17H2. The van der Waals surface area contributed by atoms with Crippen LogP contribution in [-0.4, -0.2) is 52.3 Å². The minimum atomic E-state index is -0.345. The summed E-state index contributed by atoms with van der Waals surface area (Å²) in [5, 5.41) is 0. The van der Waals surface area contributed by atoms with Crippen LogP contribution in [0.2, 0.25) is 0 Å². The lowest BCUT2D eigenvalue weighted by atomic mass is 9.83. The largest absolute Gasteiger partial charge is 0.484 e. The van der Waals surface area contributed by atoms with E-state index in [-0.39, 0.29) is 36.2 Å². The average molecular weight is 426 g/mol. The van der Waals surface area contributed by atoms with E-state index in [9.17, 15) is 14.0 Å². The monoisotopic (exact) mass is 425 g/mol. The van der Waals surface area contributed by atoms with Gasteiger partial charge in [-0.25, -0.2) is 4.39 Å². The molecule has 1 atom stereocenters. The SMILES string of the molecule is O=C(COc1ccc(F)cc1)N1CCCC(N(Cc2cccnc2)C(=O)C2CCC2)C1. The molecule has 0 N–H and O–H groups in total. The van der Waals surface area contributed by atoms with E-state index in [0.717, 1.165) is 37.7 Å². The zero-order valence-electron chi connectivity index (χ0n) is 17.6. The Morgan fingerprint density at radius 1 is 1.13 bits per heavy atom. The van der Waals surface area contributed by atoms with Gasteiger partial charge in [0.1, 0.15) is 11.6 Å². The van der Waals surface area contributed by atoms with E-state index in [1.807, 2.05) is 17.0 Å².